The highest BCUT2D eigenvalue weighted by atomic mass is 16.5. The molecule has 4 aliphatic rings. The Balaban J connectivity index is 1.12. The van der Waals surface area contributed by atoms with Crippen LogP contribution in [-0.2, 0) is 14.3 Å². The molecule has 5 rings (SSSR count). The molecule has 0 aliphatic carbocycles. The minimum absolute atomic E-state index is 0.0302. The second-order valence-corrected chi connectivity index (χ2v) is 9.24. The van der Waals surface area contributed by atoms with Gasteiger partial charge in [0.2, 0.25) is 5.91 Å². The fourth-order valence-electron chi connectivity index (χ4n) is 4.95. The highest BCUT2D eigenvalue weighted by molar-refractivity contribution is 5.79. The van der Waals surface area contributed by atoms with Gasteiger partial charge in [-0.1, -0.05) is 12.1 Å². The van der Waals surface area contributed by atoms with E-state index >= 15 is 0 Å². The van der Waals surface area contributed by atoms with Crippen LogP contribution in [0, 0.1) is 0 Å². The largest absolute Gasteiger partial charge is 0.375 e. The molecule has 4 aliphatic heterocycles. The van der Waals surface area contributed by atoms with Gasteiger partial charge in [-0.2, -0.15) is 0 Å². The van der Waals surface area contributed by atoms with E-state index in [9.17, 15) is 9.59 Å². The van der Waals surface area contributed by atoms with Gasteiger partial charge in [0, 0.05) is 58.0 Å². The van der Waals surface area contributed by atoms with Crippen LogP contribution in [0.1, 0.15) is 24.8 Å². The van der Waals surface area contributed by atoms with Crippen molar-refractivity contribution < 1.29 is 19.1 Å². The zero-order valence-electron chi connectivity index (χ0n) is 17.7. The summed E-state index contributed by atoms with van der Waals surface area (Å²) < 4.78 is 11.1. The molecule has 4 heterocycles. The third-order valence-corrected chi connectivity index (χ3v) is 7.02. The highest BCUT2D eigenvalue weighted by Gasteiger charge is 2.41. The van der Waals surface area contributed by atoms with Crippen molar-refractivity contribution in [2.75, 3.05) is 57.9 Å². The van der Waals surface area contributed by atoms with Crippen molar-refractivity contribution in [3.63, 3.8) is 0 Å². The van der Waals surface area contributed by atoms with Gasteiger partial charge in [0.05, 0.1) is 17.7 Å². The van der Waals surface area contributed by atoms with E-state index in [4.69, 9.17) is 9.47 Å². The standard InChI is InChI=1S/C22H30N4O4/c1-22(29-2)13-26(14-22)17-5-3-15(4-6-17)16-9-25(10-16)21(28)24-8-7-19-18(11-24)23-20(27)12-30-19/h3-6,16,18-19H,7-14H2,1-2H3,(H,23,27). The molecule has 1 aromatic carbocycles. The number of methoxy groups -OCH3 is 1. The number of nitrogens with zero attached hydrogens (tertiary/aromatic N) is 3. The topological polar surface area (TPSA) is 74.3 Å². The zero-order chi connectivity index (χ0) is 20.9. The predicted octanol–water partition coefficient (Wildman–Crippen LogP) is 1.02. The van der Waals surface area contributed by atoms with Crippen molar-refractivity contribution in [2.24, 2.45) is 0 Å². The summed E-state index contributed by atoms with van der Waals surface area (Å²) in [6.45, 7) is 6.80. The van der Waals surface area contributed by atoms with E-state index in [2.05, 4.69) is 41.4 Å². The van der Waals surface area contributed by atoms with Gasteiger partial charge in [0.1, 0.15) is 6.61 Å². The molecule has 2 atom stereocenters. The molecule has 0 bridgehead atoms. The lowest BCUT2D eigenvalue weighted by Crippen LogP contribution is -2.63. The number of urea groups is 1. The highest BCUT2D eigenvalue weighted by Crippen LogP contribution is 2.33. The van der Waals surface area contributed by atoms with Crippen LogP contribution in [0.2, 0.25) is 0 Å². The molecule has 162 valence electrons. The number of ether oxygens (including phenoxy) is 2. The normalized spacial score (nSPS) is 28.3. The number of hydrogen-bond acceptors (Lipinski definition) is 5. The summed E-state index contributed by atoms with van der Waals surface area (Å²) >= 11 is 0. The Morgan fingerprint density at radius 2 is 1.90 bits per heavy atom. The summed E-state index contributed by atoms with van der Waals surface area (Å²) in [7, 11) is 1.77. The van der Waals surface area contributed by atoms with E-state index in [0.29, 0.717) is 19.0 Å². The van der Waals surface area contributed by atoms with Crippen molar-refractivity contribution in [1.29, 1.82) is 0 Å². The van der Waals surface area contributed by atoms with E-state index in [1.54, 1.807) is 7.11 Å². The number of benzene rings is 1. The first-order chi connectivity index (χ1) is 14.4. The number of nitrogens with one attached hydrogen (secondary N) is 1. The lowest BCUT2D eigenvalue weighted by molar-refractivity contribution is -0.139. The third-order valence-electron chi connectivity index (χ3n) is 7.02. The Morgan fingerprint density at radius 3 is 2.60 bits per heavy atom. The number of rotatable bonds is 3. The quantitative estimate of drug-likeness (QED) is 0.800. The molecule has 0 aromatic heterocycles. The number of piperidine rings is 1. The number of hydrogen-bond donors (Lipinski definition) is 1. The lowest BCUT2D eigenvalue weighted by Gasteiger charge is -2.48. The van der Waals surface area contributed by atoms with Crippen molar-refractivity contribution >= 4 is 17.6 Å². The van der Waals surface area contributed by atoms with Crippen LogP contribution in [0.25, 0.3) is 0 Å². The molecule has 0 saturated carbocycles. The van der Waals surface area contributed by atoms with Crippen molar-refractivity contribution in [3.05, 3.63) is 29.8 Å². The van der Waals surface area contributed by atoms with Crippen LogP contribution >= 0.6 is 0 Å². The smallest absolute Gasteiger partial charge is 0.320 e. The molecule has 1 aromatic rings. The Labute approximate surface area is 177 Å². The van der Waals surface area contributed by atoms with Gasteiger partial charge in [-0.05, 0) is 31.0 Å². The van der Waals surface area contributed by atoms with E-state index in [-0.39, 0.29) is 36.3 Å². The molecule has 8 nitrogen and oxygen atoms in total. The maximum atomic E-state index is 12.9. The molecule has 8 heteroatoms. The molecule has 2 unspecified atom stereocenters. The van der Waals surface area contributed by atoms with E-state index < -0.39 is 0 Å². The van der Waals surface area contributed by atoms with Crippen molar-refractivity contribution in [1.82, 2.24) is 15.1 Å². The molecule has 1 N–H and O–H groups in total. The number of likely N-dealkylation sites (tertiary alicyclic amines) is 2. The lowest BCUT2D eigenvalue weighted by atomic mass is 9.90. The van der Waals surface area contributed by atoms with E-state index in [1.807, 2.05) is 9.80 Å². The van der Waals surface area contributed by atoms with Crippen LogP contribution in [0.4, 0.5) is 10.5 Å². The van der Waals surface area contributed by atoms with Gasteiger partial charge < -0.3 is 29.5 Å². The van der Waals surface area contributed by atoms with Gasteiger partial charge in [0.15, 0.2) is 0 Å². The second-order valence-electron chi connectivity index (χ2n) is 9.24. The van der Waals surface area contributed by atoms with Crippen LogP contribution in [0.15, 0.2) is 24.3 Å². The zero-order valence-corrected chi connectivity index (χ0v) is 17.7. The molecule has 0 radical (unpaired) electrons. The maximum absolute atomic E-state index is 12.9. The number of carbonyl (C=O) groups is 2. The van der Waals surface area contributed by atoms with Gasteiger partial charge in [-0.15, -0.1) is 0 Å². The van der Waals surface area contributed by atoms with Crippen molar-refractivity contribution in [3.8, 4) is 0 Å². The number of carbonyl (C=O) groups excluding carboxylic acids is 2. The Hall–Kier alpha value is -2.32. The fourth-order valence-corrected chi connectivity index (χ4v) is 4.95. The van der Waals surface area contributed by atoms with Gasteiger partial charge in [0.25, 0.3) is 0 Å². The van der Waals surface area contributed by atoms with Crippen molar-refractivity contribution in [2.45, 2.75) is 37.0 Å². The average Bonchev–Trinajstić information content (AvgIpc) is 2.70. The molecule has 4 fully saturated rings. The first-order valence-electron chi connectivity index (χ1n) is 10.8. The number of morpholine rings is 1. The van der Waals surface area contributed by atoms with Crippen LogP contribution in [-0.4, -0.2) is 92.5 Å². The molecule has 3 amide bonds. The summed E-state index contributed by atoms with van der Waals surface area (Å²) in [5, 5.41) is 2.96. The third kappa shape index (κ3) is 3.52. The maximum Gasteiger partial charge on any atom is 0.320 e. The summed E-state index contributed by atoms with van der Waals surface area (Å²) in [6.07, 6.45) is 0.802. The second kappa shape index (κ2) is 7.42. The number of fused-ring (bicyclic) bond motifs is 1. The average molecular weight is 415 g/mol. The Bertz CT molecular complexity index is 817. The molecule has 4 saturated heterocycles. The summed E-state index contributed by atoms with van der Waals surface area (Å²) in [5.74, 6) is 0.293. The summed E-state index contributed by atoms with van der Waals surface area (Å²) in [5.41, 5.74) is 2.47. The first-order valence-corrected chi connectivity index (χ1v) is 10.8. The Morgan fingerprint density at radius 1 is 1.17 bits per heavy atom. The van der Waals surface area contributed by atoms with Crippen LogP contribution < -0.4 is 10.2 Å². The van der Waals surface area contributed by atoms with Crippen LogP contribution in [0.5, 0.6) is 0 Å². The molecular formula is C22H30N4O4. The summed E-state index contributed by atoms with van der Waals surface area (Å²) in [6, 6.07) is 8.70. The summed E-state index contributed by atoms with van der Waals surface area (Å²) in [4.78, 5) is 30.5. The predicted molar refractivity (Wildman–Crippen MR) is 112 cm³/mol. The van der Waals surface area contributed by atoms with Gasteiger partial charge in [-0.25, -0.2) is 4.79 Å². The number of amides is 3. The minimum Gasteiger partial charge on any atom is -0.375 e. The van der Waals surface area contributed by atoms with E-state index in [0.717, 1.165) is 32.6 Å². The van der Waals surface area contributed by atoms with Gasteiger partial charge in [-0.3, -0.25) is 4.79 Å². The molecular weight excluding hydrogens is 384 g/mol. The first kappa shape index (κ1) is 19.6. The number of anilines is 1. The fraction of sp³-hybridized carbons (Fsp3) is 0.636. The Kier molecular flexibility index (Phi) is 4.86. The minimum atomic E-state index is -0.0944. The monoisotopic (exact) mass is 414 g/mol. The SMILES string of the molecule is COC1(C)CN(c2ccc(C3CN(C(=O)N4CCC5OCC(=O)NC5C4)C3)cc2)C1. The van der Waals surface area contributed by atoms with Crippen LogP contribution in [0.3, 0.4) is 0 Å². The van der Waals surface area contributed by atoms with Gasteiger partial charge >= 0.3 is 6.03 Å². The molecule has 30 heavy (non-hydrogen) atoms. The molecule has 0 spiro atoms. The van der Waals surface area contributed by atoms with E-state index in [1.165, 1.54) is 11.3 Å².